The van der Waals surface area contributed by atoms with E-state index < -0.39 is 16.0 Å². The molecule has 0 amide bonds. The van der Waals surface area contributed by atoms with E-state index >= 15 is 0 Å². The summed E-state index contributed by atoms with van der Waals surface area (Å²) >= 11 is 0. The van der Waals surface area contributed by atoms with Crippen LogP contribution in [0.15, 0.2) is 23.1 Å². The number of aromatic carboxylic acids is 1. The fourth-order valence-electron chi connectivity index (χ4n) is 1.29. The van der Waals surface area contributed by atoms with E-state index in [1.807, 2.05) is 6.92 Å². The van der Waals surface area contributed by atoms with Crippen LogP contribution in [0.3, 0.4) is 0 Å². The van der Waals surface area contributed by atoms with Crippen LogP contribution in [0.5, 0.6) is 0 Å². The lowest BCUT2D eigenvalue weighted by atomic mass is 10.2. The van der Waals surface area contributed by atoms with Gasteiger partial charge in [0.25, 0.3) is 0 Å². The van der Waals surface area contributed by atoms with Gasteiger partial charge >= 0.3 is 5.97 Å². The zero-order valence-electron chi connectivity index (χ0n) is 9.30. The topological polar surface area (TPSA) is 109 Å². The first-order valence-corrected chi connectivity index (χ1v) is 6.55. The van der Waals surface area contributed by atoms with Crippen molar-refractivity contribution in [3.63, 3.8) is 0 Å². The zero-order chi connectivity index (χ0) is 13.1. The van der Waals surface area contributed by atoms with Gasteiger partial charge in [0.05, 0.1) is 10.5 Å². The molecule has 0 aliphatic rings. The van der Waals surface area contributed by atoms with Gasteiger partial charge < -0.3 is 10.4 Å². The Kier molecular flexibility index (Phi) is 4.08. The first-order chi connectivity index (χ1) is 7.86. The molecule has 0 aliphatic heterocycles. The molecule has 17 heavy (non-hydrogen) atoms. The second-order valence-electron chi connectivity index (χ2n) is 3.48. The van der Waals surface area contributed by atoms with E-state index in [0.717, 1.165) is 12.5 Å². The van der Waals surface area contributed by atoms with Gasteiger partial charge in [0, 0.05) is 12.2 Å². The van der Waals surface area contributed by atoms with Crippen LogP contribution in [-0.4, -0.2) is 26.0 Å². The minimum absolute atomic E-state index is 0.107. The third-order valence-corrected chi connectivity index (χ3v) is 3.03. The van der Waals surface area contributed by atoms with Gasteiger partial charge in [-0.25, -0.2) is 18.4 Å². The van der Waals surface area contributed by atoms with Gasteiger partial charge in [-0.2, -0.15) is 0 Å². The second kappa shape index (κ2) is 5.15. The molecule has 0 atom stereocenters. The van der Waals surface area contributed by atoms with Crippen molar-refractivity contribution in [3.8, 4) is 0 Å². The van der Waals surface area contributed by atoms with Gasteiger partial charge in [-0.1, -0.05) is 6.92 Å². The van der Waals surface area contributed by atoms with E-state index in [9.17, 15) is 13.2 Å². The quantitative estimate of drug-likeness (QED) is 0.725. The summed E-state index contributed by atoms with van der Waals surface area (Å²) in [6.07, 6.45) is 0.829. The van der Waals surface area contributed by atoms with Gasteiger partial charge in [-0.15, -0.1) is 0 Å². The van der Waals surface area contributed by atoms with Crippen LogP contribution in [0, 0.1) is 0 Å². The number of nitrogens with two attached hydrogens (primary N) is 1. The fraction of sp³-hybridized carbons (Fsp3) is 0.300. The maximum absolute atomic E-state index is 11.1. The molecule has 6 nitrogen and oxygen atoms in total. The summed E-state index contributed by atoms with van der Waals surface area (Å²) in [6.45, 7) is 2.54. The summed E-state index contributed by atoms with van der Waals surface area (Å²) in [7, 11) is -3.89. The molecule has 7 heteroatoms. The molecule has 0 heterocycles. The molecule has 0 radical (unpaired) electrons. The predicted octanol–water partition coefficient (Wildman–Crippen LogP) is 0.854. The lowest BCUT2D eigenvalue weighted by Crippen LogP contribution is -2.14. The van der Waals surface area contributed by atoms with Crippen LogP contribution in [0.2, 0.25) is 0 Å². The summed E-state index contributed by atoms with van der Waals surface area (Å²) in [6, 6.07) is 3.73. The minimum atomic E-state index is -3.89. The molecule has 0 spiro atoms. The van der Waals surface area contributed by atoms with E-state index in [4.69, 9.17) is 10.2 Å². The molecule has 1 aromatic carbocycles. The third kappa shape index (κ3) is 3.43. The highest BCUT2D eigenvalue weighted by Gasteiger charge is 2.15. The van der Waals surface area contributed by atoms with Crippen molar-refractivity contribution in [2.45, 2.75) is 18.2 Å². The molecule has 0 saturated heterocycles. The SMILES string of the molecule is CCCNc1ccc(S(N)(=O)=O)cc1C(=O)O. The van der Waals surface area contributed by atoms with E-state index in [0.29, 0.717) is 12.2 Å². The van der Waals surface area contributed by atoms with Gasteiger partial charge in [0.15, 0.2) is 0 Å². The highest BCUT2D eigenvalue weighted by molar-refractivity contribution is 7.89. The Bertz CT molecular complexity index is 525. The van der Waals surface area contributed by atoms with Gasteiger partial charge in [-0.3, -0.25) is 0 Å². The number of sulfonamides is 1. The van der Waals surface area contributed by atoms with Crippen LogP contribution in [-0.2, 0) is 10.0 Å². The summed E-state index contributed by atoms with van der Waals surface area (Å²) in [4.78, 5) is 10.8. The summed E-state index contributed by atoms with van der Waals surface area (Å²) in [5, 5.41) is 16.8. The number of nitrogens with one attached hydrogen (secondary N) is 1. The highest BCUT2D eigenvalue weighted by Crippen LogP contribution is 2.19. The molecule has 0 saturated carbocycles. The Morgan fingerprint density at radius 2 is 2.12 bits per heavy atom. The van der Waals surface area contributed by atoms with Crippen molar-refractivity contribution < 1.29 is 18.3 Å². The lowest BCUT2D eigenvalue weighted by molar-refractivity contribution is 0.0697. The number of hydrogen-bond donors (Lipinski definition) is 3. The number of benzene rings is 1. The van der Waals surface area contributed by atoms with E-state index in [2.05, 4.69) is 5.32 Å². The summed E-state index contributed by atoms with van der Waals surface area (Å²) in [5.74, 6) is -1.20. The normalized spacial score (nSPS) is 11.2. The first-order valence-electron chi connectivity index (χ1n) is 5.00. The number of carboxylic acids is 1. The molecule has 1 rings (SSSR count). The number of hydrogen-bond acceptors (Lipinski definition) is 4. The molecule has 0 bridgehead atoms. The molecule has 0 fully saturated rings. The number of rotatable bonds is 5. The van der Waals surface area contributed by atoms with Crippen molar-refractivity contribution in [2.24, 2.45) is 5.14 Å². The fourth-order valence-corrected chi connectivity index (χ4v) is 1.83. The smallest absolute Gasteiger partial charge is 0.337 e. The Labute approximate surface area is 99.5 Å². The Morgan fingerprint density at radius 3 is 2.59 bits per heavy atom. The van der Waals surface area contributed by atoms with E-state index in [1.54, 1.807) is 0 Å². The largest absolute Gasteiger partial charge is 0.478 e. The Morgan fingerprint density at radius 1 is 1.47 bits per heavy atom. The molecular weight excluding hydrogens is 244 g/mol. The van der Waals surface area contributed by atoms with Gasteiger partial charge in [-0.05, 0) is 24.6 Å². The van der Waals surface area contributed by atoms with Crippen molar-refractivity contribution in [1.29, 1.82) is 0 Å². The van der Waals surface area contributed by atoms with Gasteiger partial charge in [0.2, 0.25) is 10.0 Å². The molecule has 0 aromatic heterocycles. The monoisotopic (exact) mass is 258 g/mol. The first kappa shape index (κ1) is 13.5. The number of anilines is 1. The van der Waals surface area contributed by atoms with Crippen molar-refractivity contribution in [3.05, 3.63) is 23.8 Å². The standard InChI is InChI=1S/C10H14N2O4S/c1-2-5-12-9-4-3-7(17(11,15)16)6-8(9)10(13)14/h3-4,6,12H,2,5H2,1H3,(H,13,14)(H2,11,15,16). The third-order valence-electron chi connectivity index (χ3n) is 2.12. The second-order valence-corrected chi connectivity index (χ2v) is 5.05. The molecule has 1 aromatic rings. The summed E-state index contributed by atoms with van der Waals surface area (Å²) < 4.78 is 22.2. The highest BCUT2D eigenvalue weighted by atomic mass is 32.2. The van der Waals surface area contributed by atoms with Gasteiger partial charge in [0.1, 0.15) is 0 Å². The minimum Gasteiger partial charge on any atom is -0.478 e. The Hall–Kier alpha value is -1.60. The molecule has 0 unspecified atom stereocenters. The van der Waals surface area contributed by atoms with Crippen LogP contribution in [0.1, 0.15) is 23.7 Å². The average molecular weight is 258 g/mol. The van der Waals surface area contributed by atoms with Crippen molar-refractivity contribution in [1.82, 2.24) is 0 Å². The van der Waals surface area contributed by atoms with Crippen molar-refractivity contribution in [2.75, 3.05) is 11.9 Å². The van der Waals surface area contributed by atoms with Crippen LogP contribution in [0.25, 0.3) is 0 Å². The Balaban J connectivity index is 3.22. The van der Waals surface area contributed by atoms with E-state index in [-0.39, 0.29) is 10.5 Å². The maximum atomic E-state index is 11.1. The van der Waals surface area contributed by atoms with E-state index in [1.165, 1.54) is 12.1 Å². The zero-order valence-corrected chi connectivity index (χ0v) is 10.1. The predicted molar refractivity (Wildman–Crippen MR) is 63.6 cm³/mol. The molecular formula is C10H14N2O4S. The molecule has 94 valence electrons. The number of carbonyl (C=O) groups is 1. The van der Waals surface area contributed by atoms with Crippen LogP contribution < -0.4 is 10.5 Å². The summed E-state index contributed by atoms with van der Waals surface area (Å²) in [5.41, 5.74) is 0.275. The average Bonchev–Trinajstić information content (AvgIpc) is 2.24. The molecule has 4 N–H and O–H groups in total. The van der Waals surface area contributed by atoms with Crippen molar-refractivity contribution >= 4 is 21.7 Å². The number of primary sulfonamides is 1. The van der Waals surface area contributed by atoms with Crippen LogP contribution >= 0.6 is 0 Å². The van der Waals surface area contributed by atoms with Crippen LogP contribution in [0.4, 0.5) is 5.69 Å². The lowest BCUT2D eigenvalue weighted by Gasteiger charge is -2.09. The number of carboxylic acid groups (broad SMARTS) is 1. The molecule has 0 aliphatic carbocycles. The maximum Gasteiger partial charge on any atom is 0.337 e.